The van der Waals surface area contributed by atoms with E-state index >= 15 is 0 Å². The van der Waals surface area contributed by atoms with Crippen molar-refractivity contribution >= 4 is 20.9 Å². The van der Waals surface area contributed by atoms with Crippen LogP contribution in [0.1, 0.15) is 43.2 Å². The number of halogens is 1. The van der Waals surface area contributed by atoms with E-state index < -0.39 is 16.0 Å². The summed E-state index contributed by atoms with van der Waals surface area (Å²) >= 11 is 0. The first-order chi connectivity index (χ1) is 18.0. The van der Waals surface area contributed by atoms with Crippen LogP contribution in [-0.2, 0) is 23.1 Å². The van der Waals surface area contributed by atoms with E-state index in [-0.39, 0.29) is 4.90 Å². The fourth-order valence-electron chi connectivity index (χ4n) is 4.86. The molecule has 6 nitrogen and oxygen atoms in total. The standard InChI is InChI=1S/C29H33FN4O2S/c30-29-23(10-9-18-32-29)20-33(19-7-6-17-31-25-11-8-12-25)21-24-22-34(28-16-5-4-15-27(24)28)37(35,36)26-13-2-1-3-14-26/h1-5,9-10,13-16,18,22,25,31H,6-8,11-12,17,19-21H2. The third-order valence-corrected chi connectivity index (χ3v) is 8.81. The SMILES string of the molecule is O=S(=O)(c1ccccc1)n1cc(CN(CCCCNC2CCC2)Cc2cccnc2F)c2ccccc21. The summed E-state index contributed by atoms with van der Waals surface area (Å²) in [7, 11) is -3.76. The zero-order valence-corrected chi connectivity index (χ0v) is 21.7. The number of para-hydroxylation sites is 1. The average molecular weight is 521 g/mol. The van der Waals surface area contributed by atoms with Crippen molar-refractivity contribution in [3.8, 4) is 0 Å². The van der Waals surface area contributed by atoms with Crippen LogP contribution in [0.25, 0.3) is 10.9 Å². The third-order valence-electron chi connectivity index (χ3n) is 7.12. The Morgan fingerprint density at radius 1 is 0.946 bits per heavy atom. The van der Waals surface area contributed by atoms with Crippen LogP contribution in [0.3, 0.4) is 0 Å². The van der Waals surface area contributed by atoms with Crippen molar-refractivity contribution in [3.05, 3.63) is 96.2 Å². The summed E-state index contributed by atoms with van der Waals surface area (Å²) in [5, 5.41) is 4.48. The van der Waals surface area contributed by atoms with Gasteiger partial charge in [0.05, 0.1) is 10.4 Å². The van der Waals surface area contributed by atoms with Crippen LogP contribution in [0.2, 0.25) is 0 Å². The summed E-state index contributed by atoms with van der Waals surface area (Å²) in [4.78, 5) is 6.25. The number of unbranched alkanes of at least 4 members (excludes halogenated alkanes) is 1. The molecule has 1 N–H and O–H groups in total. The highest BCUT2D eigenvalue weighted by atomic mass is 32.2. The van der Waals surface area contributed by atoms with E-state index in [0.29, 0.717) is 30.2 Å². The van der Waals surface area contributed by atoms with Gasteiger partial charge >= 0.3 is 0 Å². The van der Waals surface area contributed by atoms with Gasteiger partial charge in [0.15, 0.2) is 0 Å². The molecule has 1 aliphatic carbocycles. The van der Waals surface area contributed by atoms with Gasteiger partial charge in [-0.1, -0.05) is 48.9 Å². The number of fused-ring (bicyclic) bond motifs is 1. The molecule has 2 aromatic carbocycles. The Kier molecular flexibility index (Phi) is 7.98. The summed E-state index contributed by atoms with van der Waals surface area (Å²) in [6.45, 7) is 2.66. The predicted molar refractivity (Wildman–Crippen MR) is 144 cm³/mol. The molecular weight excluding hydrogens is 487 g/mol. The summed E-state index contributed by atoms with van der Waals surface area (Å²) in [5.74, 6) is -0.465. The van der Waals surface area contributed by atoms with E-state index in [1.165, 1.54) is 29.4 Å². The van der Waals surface area contributed by atoms with Crippen molar-refractivity contribution < 1.29 is 12.8 Å². The summed E-state index contributed by atoms with van der Waals surface area (Å²) < 4.78 is 42.8. The molecule has 1 aliphatic rings. The number of hydrogen-bond acceptors (Lipinski definition) is 5. The molecule has 194 valence electrons. The lowest BCUT2D eigenvalue weighted by Gasteiger charge is -2.27. The van der Waals surface area contributed by atoms with Gasteiger partial charge in [-0.15, -0.1) is 0 Å². The number of pyridine rings is 1. The Balaban J connectivity index is 1.39. The van der Waals surface area contributed by atoms with E-state index in [2.05, 4.69) is 15.2 Å². The van der Waals surface area contributed by atoms with Crippen LogP contribution in [0.15, 0.2) is 84.0 Å². The van der Waals surface area contributed by atoms with E-state index in [9.17, 15) is 12.8 Å². The molecule has 0 saturated heterocycles. The average Bonchev–Trinajstić information content (AvgIpc) is 3.26. The van der Waals surface area contributed by atoms with Gasteiger partial charge in [-0.2, -0.15) is 4.39 Å². The molecule has 0 amide bonds. The molecule has 2 aromatic heterocycles. The minimum atomic E-state index is -3.76. The van der Waals surface area contributed by atoms with Crippen molar-refractivity contribution in [3.63, 3.8) is 0 Å². The molecule has 1 saturated carbocycles. The van der Waals surface area contributed by atoms with Crippen LogP contribution in [0, 0.1) is 5.95 Å². The molecule has 0 bridgehead atoms. The van der Waals surface area contributed by atoms with Gasteiger partial charge in [0, 0.05) is 42.5 Å². The van der Waals surface area contributed by atoms with Crippen LogP contribution in [0.5, 0.6) is 0 Å². The molecule has 0 aliphatic heterocycles. The largest absolute Gasteiger partial charge is 0.314 e. The van der Waals surface area contributed by atoms with Crippen LogP contribution in [-0.4, -0.2) is 41.4 Å². The Morgan fingerprint density at radius 3 is 2.46 bits per heavy atom. The predicted octanol–water partition coefficient (Wildman–Crippen LogP) is 5.34. The second kappa shape index (κ2) is 11.5. The molecule has 0 spiro atoms. The number of nitrogens with zero attached hydrogens (tertiary/aromatic N) is 3. The number of benzene rings is 2. The van der Waals surface area contributed by atoms with Crippen molar-refractivity contribution in [2.24, 2.45) is 0 Å². The number of hydrogen-bond donors (Lipinski definition) is 1. The fourth-order valence-corrected chi connectivity index (χ4v) is 6.27. The minimum Gasteiger partial charge on any atom is -0.314 e. The Morgan fingerprint density at radius 2 is 1.70 bits per heavy atom. The van der Waals surface area contributed by atoms with Gasteiger partial charge in [0.25, 0.3) is 10.0 Å². The number of nitrogens with one attached hydrogen (secondary N) is 1. The lowest BCUT2D eigenvalue weighted by molar-refractivity contribution is 0.245. The highest BCUT2D eigenvalue weighted by Gasteiger charge is 2.22. The molecule has 8 heteroatoms. The number of rotatable bonds is 12. The van der Waals surface area contributed by atoms with E-state index in [0.717, 1.165) is 36.9 Å². The molecular formula is C29H33FN4O2S. The maximum Gasteiger partial charge on any atom is 0.268 e. The summed E-state index contributed by atoms with van der Waals surface area (Å²) in [5.41, 5.74) is 2.07. The van der Waals surface area contributed by atoms with E-state index in [1.807, 2.05) is 24.3 Å². The van der Waals surface area contributed by atoms with Crippen molar-refractivity contribution in [1.29, 1.82) is 0 Å². The molecule has 4 aromatic rings. The number of aromatic nitrogens is 2. The quantitative estimate of drug-likeness (QED) is 0.202. The maximum absolute atomic E-state index is 14.4. The van der Waals surface area contributed by atoms with Crippen LogP contribution < -0.4 is 5.32 Å². The summed E-state index contributed by atoms with van der Waals surface area (Å²) in [6, 6.07) is 20.2. The van der Waals surface area contributed by atoms with E-state index in [1.54, 1.807) is 48.7 Å². The normalized spacial score (nSPS) is 14.3. The van der Waals surface area contributed by atoms with Crippen molar-refractivity contribution in [2.75, 3.05) is 13.1 Å². The molecule has 0 unspecified atom stereocenters. The lowest BCUT2D eigenvalue weighted by atomic mass is 9.93. The maximum atomic E-state index is 14.4. The molecule has 37 heavy (non-hydrogen) atoms. The highest BCUT2D eigenvalue weighted by Crippen LogP contribution is 2.27. The molecule has 5 rings (SSSR count). The van der Waals surface area contributed by atoms with Crippen LogP contribution in [0.4, 0.5) is 4.39 Å². The molecule has 2 heterocycles. The first kappa shape index (κ1) is 25.6. The zero-order valence-electron chi connectivity index (χ0n) is 20.9. The second-order valence-corrected chi connectivity index (χ2v) is 11.6. The molecule has 1 fully saturated rings. The lowest BCUT2D eigenvalue weighted by Crippen LogP contribution is -2.35. The first-order valence-corrected chi connectivity index (χ1v) is 14.4. The van der Waals surface area contributed by atoms with Gasteiger partial charge in [-0.25, -0.2) is 17.4 Å². The smallest absolute Gasteiger partial charge is 0.268 e. The fraction of sp³-hybridized carbons (Fsp3) is 0.345. The Hall–Kier alpha value is -3.07. The van der Waals surface area contributed by atoms with Gasteiger partial charge in [0.1, 0.15) is 0 Å². The van der Waals surface area contributed by atoms with Crippen molar-refractivity contribution in [2.45, 2.75) is 56.1 Å². The third kappa shape index (κ3) is 5.92. The zero-order chi connectivity index (χ0) is 25.7. The van der Waals surface area contributed by atoms with Crippen LogP contribution >= 0.6 is 0 Å². The first-order valence-electron chi connectivity index (χ1n) is 13.0. The van der Waals surface area contributed by atoms with E-state index in [4.69, 9.17) is 0 Å². The topological polar surface area (TPSA) is 67.2 Å². The Bertz CT molecular complexity index is 1430. The van der Waals surface area contributed by atoms with Gasteiger partial charge in [0.2, 0.25) is 5.95 Å². The van der Waals surface area contributed by atoms with Crippen molar-refractivity contribution in [1.82, 2.24) is 19.2 Å². The monoisotopic (exact) mass is 520 g/mol. The minimum absolute atomic E-state index is 0.246. The van der Waals surface area contributed by atoms with Gasteiger partial charge < -0.3 is 5.32 Å². The van der Waals surface area contributed by atoms with Gasteiger partial charge in [-0.05, 0) is 68.6 Å². The molecule has 0 radical (unpaired) electrons. The van der Waals surface area contributed by atoms with Gasteiger partial charge in [-0.3, -0.25) is 4.90 Å². The highest BCUT2D eigenvalue weighted by molar-refractivity contribution is 7.90. The Labute approximate surface area is 218 Å². The summed E-state index contributed by atoms with van der Waals surface area (Å²) in [6.07, 6.45) is 9.02. The molecule has 0 atom stereocenters. The second-order valence-electron chi connectivity index (χ2n) is 9.74.